The highest BCUT2D eigenvalue weighted by atomic mass is 19.1. The van der Waals surface area contributed by atoms with Crippen molar-refractivity contribution in [1.29, 1.82) is 0 Å². The van der Waals surface area contributed by atoms with E-state index in [9.17, 15) is 8.78 Å². The Morgan fingerprint density at radius 2 is 2.17 bits per heavy atom. The molecule has 0 aliphatic heterocycles. The minimum Gasteiger partial charge on any atom is -0.271 e. The molecule has 1 saturated carbocycles. The first-order valence-electron chi connectivity index (χ1n) is 6.56. The van der Waals surface area contributed by atoms with Crippen molar-refractivity contribution in [2.75, 3.05) is 0 Å². The number of nitrogens with one attached hydrogen (secondary N) is 1. The van der Waals surface area contributed by atoms with Crippen molar-refractivity contribution in [2.24, 2.45) is 17.7 Å². The highest BCUT2D eigenvalue weighted by Crippen LogP contribution is 2.40. The van der Waals surface area contributed by atoms with Gasteiger partial charge in [-0.15, -0.1) is 0 Å². The van der Waals surface area contributed by atoms with E-state index in [2.05, 4.69) is 12.3 Å². The Bertz CT molecular complexity index is 409. The highest BCUT2D eigenvalue weighted by molar-refractivity contribution is 5.23. The second kappa shape index (κ2) is 5.76. The van der Waals surface area contributed by atoms with Gasteiger partial charge in [0.05, 0.1) is 6.04 Å². The van der Waals surface area contributed by atoms with Crippen LogP contribution in [0.3, 0.4) is 0 Å². The maximum atomic E-state index is 13.8. The molecule has 3 atom stereocenters. The van der Waals surface area contributed by atoms with E-state index in [0.29, 0.717) is 11.5 Å². The van der Waals surface area contributed by atoms with E-state index in [1.807, 2.05) is 0 Å². The van der Waals surface area contributed by atoms with Gasteiger partial charge in [0, 0.05) is 5.56 Å². The van der Waals surface area contributed by atoms with Gasteiger partial charge in [-0.05, 0) is 42.9 Å². The molecule has 0 heterocycles. The first kappa shape index (κ1) is 13.4. The number of hydrogen-bond donors (Lipinski definition) is 2. The van der Waals surface area contributed by atoms with Crippen molar-refractivity contribution in [3.05, 3.63) is 35.4 Å². The monoisotopic (exact) mass is 254 g/mol. The molecule has 0 spiro atoms. The zero-order chi connectivity index (χ0) is 13.1. The summed E-state index contributed by atoms with van der Waals surface area (Å²) in [7, 11) is 0. The Hall–Kier alpha value is -1.00. The largest absolute Gasteiger partial charge is 0.271 e. The Balaban J connectivity index is 2.20. The minimum atomic E-state index is -0.420. The Kier molecular flexibility index (Phi) is 4.30. The third kappa shape index (κ3) is 2.70. The SMILES string of the molecule is CCC1CCC(C(NN)c2cc(F)ccc2F)C1. The lowest BCUT2D eigenvalue weighted by molar-refractivity contribution is 0.347. The zero-order valence-electron chi connectivity index (χ0n) is 10.6. The third-order valence-electron chi connectivity index (χ3n) is 4.10. The molecule has 1 aromatic carbocycles. The van der Waals surface area contributed by atoms with Crippen LogP contribution in [0.4, 0.5) is 8.78 Å². The van der Waals surface area contributed by atoms with E-state index in [-0.39, 0.29) is 17.8 Å². The van der Waals surface area contributed by atoms with Crippen molar-refractivity contribution in [2.45, 2.75) is 38.6 Å². The van der Waals surface area contributed by atoms with E-state index < -0.39 is 5.82 Å². The van der Waals surface area contributed by atoms with E-state index in [4.69, 9.17) is 5.84 Å². The standard InChI is InChI=1S/C14H20F2N2/c1-2-9-3-4-10(7-9)14(18-17)12-8-11(15)5-6-13(12)16/h5-6,8-10,14,18H,2-4,7,17H2,1H3. The van der Waals surface area contributed by atoms with Gasteiger partial charge in [-0.1, -0.05) is 19.8 Å². The Morgan fingerprint density at radius 3 is 2.78 bits per heavy atom. The zero-order valence-corrected chi connectivity index (χ0v) is 10.6. The van der Waals surface area contributed by atoms with Gasteiger partial charge >= 0.3 is 0 Å². The van der Waals surface area contributed by atoms with Crippen molar-refractivity contribution in [3.63, 3.8) is 0 Å². The molecule has 18 heavy (non-hydrogen) atoms. The summed E-state index contributed by atoms with van der Waals surface area (Å²) in [4.78, 5) is 0. The first-order chi connectivity index (χ1) is 8.65. The molecule has 2 nitrogen and oxygen atoms in total. The summed E-state index contributed by atoms with van der Waals surface area (Å²) in [6, 6.07) is 3.26. The number of nitrogens with two attached hydrogens (primary N) is 1. The maximum Gasteiger partial charge on any atom is 0.128 e. The quantitative estimate of drug-likeness (QED) is 0.639. The van der Waals surface area contributed by atoms with Gasteiger partial charge in [0.2, 0.25) is 0 Å². The molecule has 0 radical (unpaired) electrons. The van der Waals surface area contributed by atoms with Crippen LogP contribution in [0.25, 0.3) is 0 Å². The molecule has 4 heteroatoms. The Labute approximate surface area is 107 Å². The number of hydrogen-bond acceptors (Lipinski definition) is 2. The van der Waals surface area contributed by atoms with Crippen LogP contribution >= 0.6 is 0 Å². The topological polar surface area (TPSA) is 38.0 Å². The van der Waals surface area contributed by atoms with Crippen LogP contribution in [0, 0.1) is 23.5 Å². The average Bonchev–Trinajstić information content (AvgIpc) is 2.83. The van der Waals surface area contributed by atoms with Gasteiger partial charge < -0.3 is 0 Å². The van der Waals surface area contributed by atoms with Crippen LogP contribution in [-0.4, -0.2) is 0 Å². The van der Waals surface area contributed by atoms with E-state index in [0.717, 1.165) is 31.7 Å². The van der Waals surface area contributed by atoms with Gasteiger partial charge in [0.15, 0.2) is 0 Å². The Morgan fingerprint density at radius 1 is 1.39 bits per heavy atom. The predicted molar refractivity (Wildman–Crippen MR) is 67.5 cm³/mol. The van der Waals surface area contributed by atoms with Crippen LogP contribution in [0.2, 0.25) is 0 Å². The number of benzene rings is 1. The first-order valence-corrected chi connectivity index (χ1v) is 6.56. The molecule has 1 aliphatic carbocycles. The normalized spacial score (nSPS) is 25.3. The van der Waals surface area contributed by atoms with Crippen molar-refractivity contribution in [3.8, 4) is 0 Å². The number of hydrazine groups is 1. The van der Waals surface area contributed by atoms with Crippen molar-refractivity contribution in [1.82, 2.24) is 5.43 Å². The van der Waals surface area contributed by atoms with E-state index in [1.165, 1.54) is 12.1 Å². The summed E-state index contributed by atoms with van der Waals surface area (Å²) in [5.74, 6) is 5.71. The fraction of sp³-hybridized carbons (Fsp3) is 0.571. The highest BCUT2D eigenvalue weighted by Gasteiger charge is 2.31. The molecule has 3 N–H and O–H groups in total. The van der Waals surface area contributed by atoms with E-state index >= 15 is 0 Å². The molecule has 0 saturated heterocycles. The molecule has 1 aliphatic rings. The molecular weight excluding hydrogens is 234 g/mol. The fourth-order valence-electron chi connectivity index (χ4n) is 3.02. The smallest absolute Gasteiger partial charge is 0.128 e. The predicted octanol–water partition coefficient (Wildman–Crippen LogP) is 3.30. The van der Waals surface area contributed by atoms with Crippen LogP contribution < -0.4 is 11.3 Å². The van der Waals surface area contributed by atoms with Gasteiger partial charge in [0.25, 0.3) is 0 Å². The summed E-state index contributed by atoms with van der Waals surface area (Å²) in [6.07, 6.45) is 4.33. The number of rotatable bonds is 4. The van der Waals surface area contributed by atoms with Gasteiger partial charge in [-0.3, -0.25) is 11.3 Å². The molecule has 3 unspecified atom stereocenters. The lowest BCUT2D eigenvalue weighted by Gasteiger charge is -2.24. The maximum absolute atomic E-state index is 13.8. The summed E-state index contributed by atoms with van der Waals surface area (Å²) >= 11 is 0. The fourth-order valence-corrected chi connectivity index (χ4v) is 3.02. The van der Waals surface area contributed by atoms with Crippen molar-refractivity contribution >= 4 is 0 Å². The van der Waals surface area contributed by atoms with Crippen LogP contribution in [0.1, 0.15) is 44.2 Å². The van der Waals surface area contributed by atoms with Crippen LogP contribution in [0.15, 0.2) is 18.2 Å². The van der Waals surface area contributed by atoms with Gasteiger partial charge in [-0.25, -0.2) is 8.78 Å². The minimum absolute atomic E-state index is 0.288. The summed E-state index contributed by atoms with van der Waals surface area (Å²) in [6.45, 7) is 2.17. The lowest BCUT2D eigenvalue weighted by atomic mass is 9.90. The van der Waals surface area contributed by atoms with Gasteiger partial charge in [0.1, 0.15) is 11.6 Å². The van der Waals surface area contributed by atoms with Crippen molar-refractivity contribution < 1.29 is 8.78 Å². The summed E-state index contributed by atoms with van der Waals surface area (Å²) in [5.41, 5.74) is 3.01. The lowest BCUT2D eigenvalue weighted by Crippen LogP contribution is -2.33. The molecule has 100 valence electrons. The van der Waals surface area contributed by atoms with Gasteiger partial charge in [-0.2, -0.15) is 0 Å². The molecule has 2 rings (SSSR count). The van der Waals surface area contributed by atoms with Crippen LogP contribution in [-0.2, 0) is 0 Å². The van der Waals surface area contributed by atoms with Crippen LogP contribution in [0.5, 0.6) is 0 Å². The average molecular weight is 254 g/mol. The summed E-state index contributed by atoms with van der Waals surface area (Å²) < 4.78 is 27.0. The molecule has 0 bridgehead atoms. The molecular formula is C14H20F2N2. The van der Waals surface area contributed by atoms with E-state index in [1.54, 1.807) is 0 Å². The second-order valence-corrected chi connectivity index (χ2v) is 5.16. The summed E-state index contributed by atoms with van der Waals surface area (Å²) in [5, 5.41) is 0. The molecule has 1 aromatic rings. The molecule has 0 aromatic heterocycles. The molecule has 0 amide bonds. The number of halogens is 2. The second-order valence-electron chi connectivity index (χ2n) is 5.16. The molecule has 1 fully saturated rings. The third-order valence-corrected chi connectivity index (χ3v) is 4.10.